The molecule has 0 radical (unpaired) electrons. The largest absolute Gasteiger partial charge is 0.378 e. The van der Waals surface area contributed by atoms with Crippen molar-refractivity contribution in [3.63, 3.8) is 0 Å². The molecule has 1 aliphatic heterocycles. The van der Waals surface area contributed by atoms with Gasteiger partial charge in [0.1, 0.15) is 4.88 Å². The number of nitrogens with one attached hydrogen (secondary N) is 2. The Hall–Kier alpha value is -2.72. The van der Waals surface area contributed by atoms with E-state index in [4.69, 9.17) is 9.26 Å². The molecule has 0 bridgehead atoms. The molecule has 1 saturated heterocycles. The van der Waals surface area contributed by atoms with E-state index in [0.717, 1.165) is 39.1 Å². The summed E-state index contributed by atoms with van der Waals surface area (Å²) in [6, 6.07) is 8.33. The summed E-state index contributed by atoms with van der Waals surface area (Å²) in [5, 5.41) is 4.71. The Morgan fingerprint density at radius 3 is 2.72 bits per heavy atom. The fourth-order valence-electron chi connectivity index (χ4n) is 4.14. The van der Waals surface area contributed by atoms with Gasteiger partial charge in [0.25, 0.3) is 5.91 Å². The SMILES string of the molecule is CC(C)(C)[Si](C)(C)ONC1=CCc2cc(Nc3c(C(=O)N4CCOCC4)sc4cnccc34)ccc21. The minimum Gasteiger partial charge on any atom is -0.378 e. The lowest BCUT2D eigenvalue weighted by Crippen LogP contribution is -2.44. The molecular weight excluding hydrogens is 488 g/mol. The molecule has 0 unspecified atom stereocenters. The van der Waals surface area contributed by atoms with Gasteiger partial charge in [-0.15, -0.1) is 11.3 Å². The predicted molar refractivity (Wildman–Crippen MR) is 149 cm³/mol. The number of benzene rings is 1. The molecule has 2 N–H and O–H groups in total. The number of ether oxygens (including phenoxy) is 1. The summed E-state index contributed by atoms with van der Waals surface area (Å²) in [6.45, 7) is 13.6. The Kier molecular flexibility index (Phi) is 6.67. The molecule has 2 aromatic heterocycles. The van der Waals surface area contributed by atoms with E-state index in [9.17, 15) is 4.79 Å². The van der Waals surface area contributed by atoms with Gasteiger partial charge in [-0.2, -0.15) is 0 Å². The van der Waals surface area contributed by atoms with Gasteiger partial charge in [-0.3, -0.25) is 15.3 Å². The maximum atomic E-state index is 13.4. The van der Waals surface area contributed by atoms with E-state index >= 15 is 0 Å². The molecule has 3 heterocycles. The minimum absolute atomic E-state index is 0.0408. The number of hydrogen-bond donors (Lipinski definition) is 2. The summed E-state index contributed by atoms with van der Waals surface area (Å²) in [7, 11) is -1.92. The number of hydrogen-bond acceptors (Lipinski definition) is 7. The van der Waals surface area contributed by atoms with Gasteiger partial charge in [-0.1, -0.05) is 32.9 Å². The van der Waals surface area contributed by atoms with Crippen molar-refractivity contribution in [2.24, 2.45) is 0 Å². The van der Waals surface area contributed by atoms with Gasteiger partial charge in [-0.05, 0) is 48.3 Å². The minimum atomic E-state index is -1.92. The third kappa shape index (κ3) is 4.80. The standard InChI is InChI=1S/C27H34N4O3SSi/c1-27(2,3)36(4,5)34-30-22-9-6-18-16-19(7-8-20(18)22)29-24-21-10-11-28-17-23(21)35-25(24)26(32)31-12-14-33-15-13-31/h7-11,16-17,29-30H,6,12-15H2,1-5H3. The molecule has 0 atom stereocenters. The van der Waals surface area contributed by atoms with E-state index in [1.807, 2.05) is 17.2 Å². The van der Waals surface area contributed by atoms with Crippen LogP contribution in [0.3, 0.4) is 0 Å². The lowest BCUT2D eigenvalue weighted by Gasteiger charge is -2.35. The maximum Gasteiger partial charge on any atom is 0.266 e. The number of carbonyl (C=O) groups is 1. The molecule has 1 amide bonds. The smallest absolute Gasteiger partial charge is 0.266 e. The molecule has 36 heavy (non-hydrogen) atoms. The van der Waals surface area contributed by atoms with Crippen molar-refractivity contribution in [3.8, 4) is 0 Å². The number of allylic oxidation sites excluding steroid dienone is 1. The molecule has 1 aromatic carbocycles. The first-order valence-corrected chi connectivity index (χ1v) is 16.1. The lowest BCUT2D eigenvalue weighted by atomic mass is 10.1. The second-order valence-corrected chi connectivity index (χ2v) is 16.6. The van der Waals surface area contributed by atoms with E-state index in [1.165, 1.54) is 16.9 Å². The topological polar surface area (TPSA) is 75.7 Å². The molecule has 0 spiro atoms. The molecule has 190 valence electrons. The number of pyridine rings is 1. The van der Waals surface area contributed by atoms with Crippen LogP contribution in [-0.4, -0.2) is 50.4 Å². The maximum absolute atomic E-state index is 13.4. The number of rotatable bonds is 6. The van der Waals surface area contributed by atoms with E-state index in [0.29, 0.717) is 31.2 Å². The number of nitrogens with zero attached hydrogens (tertiary/aromatic N) is 2. The average molecular weight is 523 g/mol. The van der Waals surface area contributed by atoms with Crippen LogP contribution in [0.25, 0.3) is 15.8 Å². The second-order valence-electron chi connectivity index (χ2n) is 10.9. The van der Waals surface area contributed by atoms with Gasteiger partial charge < -0.3 is 19.5 Å². The molecule has 9 heteroatoms. The van der Waals surface area contributed by atoms with Crippen molar-refractivity contribution in [1.29, 1.82) is 0 Å². The first-order chi connectivity index (χ1) is 17.1. The molecule has 1 fully saturated rings. The molecule has 3 aromatic rings. The molecule has 2 aliphatic rings. The summed E-state index contributed by atoms with van der Waals surface area (Å²) < 4.78 is 12.7. The van der Waals surface area contributed by atoms with E-state index < -0.39 is 8.32 Å². The molecular formula is C27H34N4O3SSi. The summed E-state index contributed by atoms with van der Waals surface area (Å²) in [5.41, 5.74) is 8.48. The molecule has 1 aliphatic carbocycles. The zero-order valence-corrected chi connectivity index (χ0v) is 23.4. The Labute approximate surface area is 217 Å². The van der Waals surface area contributed by atoms with Crippen LogP contribution in [0.5, 0.6) is 0 Å². The Bertz CT molecular complexity index is 1320. The second kappa shape index (κ2) is 9.62. The summed E-state index contributed by atoms with van der Waals surface area (Å²) in [6.07, 6.45) is 6.62. The fraction of sp³-hybridized carbons (Fsp3) is 0.407. The number of amides is 1. The van der Waals surface area contributed by atoms with E-state index in [2.05, 4.69) is 73.9 Å². The van der Waals surface area contributed by atoms with Crippen LogP contribution in [0, 0.1) is 0 Å². The van der Waals surface area contributed by atoms with Gasteiger partial charge in [0.2, 0.25) is 8.32 Å². The summed E-state index contributed by atoms with van der Waals surface area (Å²) in [5.74, 6) is 0.0408. The Morgan fingerprint density at radius 1 is 1.19 bits per heavy atom. The van der Waals surface area contributed by atoms with Crippen LogP contribution >= 0.6 is 11.3 Å². The summed E-state index contributed by atoms with van der Waals surface area (Å²) >= 11 is 1.49. The van der Waals surface area contributed by atoms with Gasteiger partial charge in [0, 0.05) is 42.1 Å². The Balaban J connectivity index is 1.38. The number of carbonyl (C=O) groups excluding carboxylic acids is 1. The van der Waals surface area contributed by atoms with Crippen LogP contribution < -0.4 is 10.8 Å². The number of thiophene rings is 1. The van der Waals surface area contributed by atoms with Crippen LogP contribution in [0.15, 0.2) is 42.7 Å². The van der Waals surface area contributed by atoms with Crippen molar-refractivity contribution in [1.82, 2.24) is 15.4 Å². The number of anilines is 2. The highest BCUT2D eigenvalue weighted by atomic mass is 32.1. The highest BCUT2D eigenvalue weighted by Crippen LogP contribution is 2.40. The lowest BCUT2D eigenvalue weighted by molar-refractivity contribution is 0.0307. The molecule has 5 rings (SSSR count). The van der Waals surface area contributed by atoms with Gasteiger partial charge in [-0.25, -0.2) is 0 Å². The molecule has 0 saturated carbocycles. The van der Waals surface area contributed by atoms with E-state index in [-0.39, 0.29) is 10.9 Å². The zero-order chi connectivity index (χ0) is 25.5. The van der Waals surface area contributed by atoms with Gasteiger partial charge in [0.05, 0.1) is 29.3 Å². The van der Waals surface area contributed by atoms with Crippen molar-refractivity contribution in [3.05, 3.63) is 58.7 Å². The van der Waals surface area contributed by atoms with Gasteiger partial charge in [0.15, 0.2) is 0 Å². The number of fused-ring (bicyclic) bond motifs is 2. The number of hydroxylamine groups is 1. The van der Waals surface area contributed by atoms with Crippen molar-refractivity contribution in [2.45, 2.75) is 45.3 Å². The molecule has 7 nitrogen and oxygen atoms in total. The number of aromatic nitrogens is 1. The highest BCUT2D eigenvalue weighted by Gasteiger charge is 2.38. The van der Waals surface area contributed by atoms with Crippen LogP contribution in [0.1, 0.15) is 41.6 Å². The van der Waals surface area contributed by atoms with Crippen molar-refractivity contribution in [2.75, 3.05) is 31.6 Å². The van der Waals surface area contributed by atoms with Crippen LogP contribution in [0.4, 0.5) is 11.4 Å². The van der Waals surface area contributed by atoms with Crippen molar-refractivity contribution < 1.29 is 14.1 Å². The van der Waals surface area contributed by atoms with E-state index in [1.54, 1.807) is 6.20 Å². The van der Waals surface area contributed by atoms with Crippen LogP contribution in [-0.2, 0) is 15.7 Å². The average Bonchev–Trinajstić information content (AvgIpc) is 3.43. The highest BCUT2D eigenvalue weighted by molar-refractivity contribution is 7.21. The monoisotopic (exact) mass is 522 g/mol. The zero-order valence-electron chi connectivity index (χ0n) is 21.6. The third-order valence-corrected chi connectivity index (χ3v) is 12.8. The fourth-order valence-corrected chi connectivity index (χ4v) is 5.90. The summed E-state index contributed by atoms with van der Waals surface area (Å²) in [4.78, 5) is 20.3. The normalized spacial score (nSPS) is 16.1. The van der Waals surface area contributed by atoms with Crippen molar-refractivity contribution >= 4 is 52.7 Å². The first kappa shape index (κ1) is 24.9. The first-order valence-electron chi connectivity index (χ1n) is 12.4. The predicted octanol–water partition coefficient (Wildman–Crippen LogP) is 5.94. The third-order valence-electron chi connectivity index (χ3n) is 7.40. The quantitative estimate of drug-likeness (QED) is 0.308. The Morgan fingerprint density at radius 2 is 1.97 bits per heavy atom. The van der Waals surface area contributed by atoms with Gasteiger partial charge >= 0.3 is 0 Å². The van der Waals surface area contributed by atoms with Crippen LogP contribution in [0.2, 0.25) is 18.1 Å². The number of morpholine rings is 1.